The summed E-state index contributed by atoms with van der Waals surface area (Å²) in [5.41, 5.74) is 2.11. The minimum Gasteiger partial charge on any atom is -0.377 e. The number of nitrogens with zero attached hydrogens (tertiary/aromatic N) is 3. The first-order valence-electron chi connectivity index (χ1n) is 6.84. The second kappa shape index (κ2) is 6.64. The number of rotatable bonds is 7. The Morgan fingerprint density at radius 1 is 1.29 bits per heavy atom. The third-order valence-corrected chi connectivity index (χ3v) is 3.76. The predicted molar refractivity (Wildman–Crippen MR) is 83.5 cm³/mol. The van der Waals surface area contributed by atoms with Gasteiger partial charge >= 0.3 is 0 Å². The lowest BCUT2D eigenvalue weighted by atomic mass is 10.3. The van der Waals surface area contributed by atoms with Crippen molar-refractivity contribution in [3.05, 3.63) is 35.9 Å². The number of hydrogen-bond acceptors (Lipinski definition) is 6. The highest BCUT2D eigenvalue weighted by atomic mass is 32.1. The number of hydrogen-bond donors (Lipinski definition) is 2. The van der Waals surface area contributed by atoms with Crippen molar-refractivity contribution in [3.8, 4) is 0 Å². The Bertz CT molecular complexity index is 675. The Hall–Kier alpha value is -1.99. The van der Waals surface area contributed by atoms with Crippen LogP contribution in [-0.2, 0) is 17.8 Å². The van der Waals surface area contributed by atoms with Crippen molar-refractivity contribution < 1.29 is 4.74 Å². The van der Waals surface area contributed by atoms with Gasteiger partial charge < -0.3 is 15.0 Å². The van der Waals surface area contributed by atoms with Gasteiger partial charge in [-0.05, 0) is 18.6 Å². The van der Waals surface area contributed by atoms with Gasteiger partial charge in [0.15, 0.2) is 5.82 Å². The van der Waals surface area contributed by atoms with E-state index in [0.717, 1.165) is 47.2 Å². The van der Waals surface area contributed by atoms with E-state index in [0.29, 0.717) is 6.61 Å². The molecule has 2 N–H and O–H groups in total. The fourth-order valence-electron chi connectivity index (χ4n) is 2.09. The van der Waals surface area contributed by atoms with Crippen LogP contribution < -0.4 is 5.32 Å². The summed E-state index contributed by atoms with van der Waals surface area (Å²) in [5.74, 6) is 1.75. The van der Waals surface area contributed by atoms with E-state index < -0.39 is 0 Å². The van der Waals surface area contributed by atoms with Crippen molar-refractivity contribution in [3.63, 3.8) is 0 Å². The monoisotopic (exact) mass is 303 g/mol. The molecule has 0 aliphatic carbocycles. The summed E-state index contributed by atoms with van der Waals surface area (Å²) < 4.78 is 9.19. The van der Waals surface area contributed by atoms with Crippen molar-refractivity contribution in [2.24, 2.45) is 0 Å². The second-order valence-electron chi connectivity index (χ2n) is 4.68. The largest absolute Gasteiger partial charge is 0.377 e. The average Bonchev–Trinajstić information content (AvgIpc) is 3.10. The molecule has 0 unspecified atom stereocenters. The standard InChI is InChI=1S/C14H17N5OS/c1-20-9-13-18-14(21-19-13)15-8-4-7-12-16-10-5-2-3-6-11(10)17-12/h2-3,5-6H,4,7-9H2,1H3,(H,16,17)(H,15,18,19). The first-order chi connectivity index (χ1) is 10.3. The number of imidazole rings is 1. The van der Waals surface area contributed by atoms with Gasteiger partial charge in [0, 0.05) is 31.6 Å². The summed E-state index contributed by atoms with van der Waals surface area (Å²) in [7, 11) is 1.64. The van der Waals surface area contributed by atoms with E-state index in [-0.39, 0.29) is 0 Å². The van der Waals surface area contributed by atoms with Crippen LogP contribution in [0.4, 0.5) is 5.13 Å². The Morgan fingerprint density at radius 3 is 3.05 bits per heavy atom. The zero-order valence-corrected chi connectivity index (χ0v) is 12.6. The first kappa shape index (κ1) is 14.0. The number of nitrogens with one attached hydrogen (secondary N) is 2. The van der Waals surface area contributed by atoms with E-state index in [2.05, 4.69) is 24.6 Å². The quantitative estimate of drug-likeness (QED) is 0.656. The van der Waals surface area contributed by atoms with E-state index in [1.807, 2.05) is 24.3 Å². The van der Waals surface area contributed by atoms with Crippen molar-refractivity contribution >= 4 is 27.7 Å². The van der Waals surface area contributed by atoms with Gasteiger partial charge in [-0.1, -0.05) is 12.1 Å². The summed E-state index contributed by atoms with van der Waals surface area (Å²) in [6.07, 6.45) is 1.89. The SMILES string of the molecule is COCc1nsc(NCCCc2nc3ccccc3[nH]2)n1. The fraction of sp³-hybridized carbons (Fsp3) is 0.357. The first-order valence-corrected chi connectivity index (χ1v) is 7.61. The molecule has 0 spiro atoms. The van der Waals surface area contributed by atoms with Crippen LogP contribution in [0.25, 0.3) is 11.0 Å². The molecule has 2 aromatic heterocycles. The van der Waals surface area contributed by atoms with Gasteiger partial charge in [0.2, 0.25) is 5.13 Å². The highest BCUT2D eigenvalue weighted by molar-refractivity contribution is 7.09. The molecule has 0 amide bonds. The molecular formula is C14H17N5OS. The number of para-hydroxylation sites is 2. The van der Waals surface area contributed by atoms with Crippen LogP contribution in [0.15, 0.2) is 24.3 Å². The van der Waals surface area contributed by atoms with Crippen LogP contribution in [-0.4, -0.2) is 33.0 Å². The smallest absolute Gasteiger partial charge is 0.202 e. The molecule has 0 radical (unpaired) electrons. The molecule has 110 valence electrons. The van der Waals surface area contributed by atoms with E-state index in [4.69, 9.17) is 4.74 Å². The van der Waals surface area contributed by atoms with Crippen molar-refractivity contribution in [1.29, 1.82) is 0 Å². The van der Waals surface area contributed by atoms with Gasteiger partial charge in [0.25, 0.3) is 0 Å². The fourth-order valence-corrected chi connectivity index (χ4v) is 2.69. The molecule has 21 heavy (non-hydrogen) atoms. The van der Waals surface area contributed by atoms with Crippen LogP contribution in [0.1, 0.15) is 18.1 Å². The molecule has 0 saturated carbocycles. The van der Waals surface area contributed by atoms with Crippen LogP contribution in [0, 0.1) is 0 Å². The molecule has 7 heteroatoms. The number of aryl methyl sites for hydroxylation is 1. The van der Waals surface area contributed by atoms with Gasteiger partial charge in [-0.15, -0.1) is 0 Å². The van der Waals surface area contributed by atoms with E-state index >= 15 is 0 Å². The maximum atomic E-state index is 4.99. The molecule has 0 aliphatic heterocycles. The van der Waals surface area contributed by atoms with Crippen molar-refractivity contribution in [1.82, 2.24) is 19.3 Å². The third-order valence-electron chi connectivity index (χ3n) is 3.05. The van der Waals surface area contributed by atoms with Gasteiger partial charge in [0.1, 0.15) is 12.4 Å². The minimum absolute atomic E-state index is 0.456. The van der Waals surface area contributed by atoms with E-state index in [9.17, 15) is 0 Å². The molecule has 2 heterocycles. The summed E-state index contributed by atoms with van der Waals surface area (Å²) in [6, 6.07) is 8.08. The number of fused-ring (bicyclic) bond motifs is 1. The Morgan fingerprint density at radius 2 is 2.19 bits per heavy atom. The molecule has 1 aromatic carbocycles. The second-order valence-corrected chi connectivity index (χ2v) is 5.43. The molecule has 0 aliphatic rings. The van der Waals surface area contributed by atoms with Crippen LogP contribution in [0.2, 0.25) is 0 Å². The van der Waals surface area contributed by atoms with Gasteiger partial charge in [0.05, 0.1) is 11.0 Å². The number of aromatic amines is 1. The zero-order valence-electron chi connectivity index (χ0n) is 11.8. The van der Waals surface area contributed by atoms with Crippen molar-refractivity contribution in [2.45, 2.75) is 19.4 Å². The van der Waals surface area contributed by atoms with E-state index in [1.165, 1.54) is 11.5 Å². The minimum atomic E-state index is 0.456. The number of aromatic nitrogens is 4. The maximum Gasteiger partial charge on any atom is 0.202 e. The molecule has 0 bridgehead atoms. The topological polar surface area (TPSA) is 75.7 Å². The lowest BCUT2D eigenvalue weighted by Gasteiger charge is -2.00. The average molecular weight is 303 g/mol. The number of benzene rings is 1. The predicted octanol–water partition coefficient (Wildman–Crippen LogP) is 2.61. The van der Waals surface area contributed by atoms with Crippen molar-refractivity contribution in [2.75, 3.05) is 19.0 Å². The van der Waals surface area contributed by atoms with Crippen LogP contribution >= 0.6 is 11.5 Å². The summed E-state index contributed by atoms with van der Waals surface area (Å²) in [6.45, 7) is 1.30. The number of ether oxygens (including phenoxy) is 1. The zero-order chi connectivity index (χ0) is 14.5. The van der Waals surface area contributed by atoms with Gasteiger partial charge in [-0.3, -0.25) is 0 Å². The molecule has 0 atom stereocenters. The highest BCUT2D eigenvalue weighted by Gasteiger charge is 2.04. The Labute approximate surface area is 126 Å². The van der Waals surface area contributed by atoms with Crippen LogP contribution in [0.3, 0.4) is 0 Å². The maximum absolute atomic E-state index is 4.99. The molecular weight excluding hydrogens is 286 g/mol. The number of H-pyrrole nitrogens is 1. The lowest BCUT2D eigenvalue weighted by Crippen LogP contribution is -2.03. The Kier molecular flexibility index (Phi) is 4.42. The molecule has 3 rings (SSSR count). The third kappa shape index (κ3) is 3.56. The van der Waals surface area contributed by atoms with Crippen LogP contribution in [0.5, 0.6) is 0 Å². The molecule has 3 aromatic rings. The van der Waals surface area contributed by atoms with E-state index in [1.54, 1.807) is 7.11 Å². The Balaban J connectivity index is 1.47. The molecule has 6 nitrogen and oxygen atoms in total. The van der Waals surface area contributed by atoms with Gasteiger partial charge in [-0.2, -0.15) is 4.37 Å². The lowest BCUT2D eigenvalue weighted by molar-refractivity contribution is 0.179. The summed E-state index contributed by atoms with van der Waals surface area (Å²) in [4.78, 5) is 12.2. The molecule has 0 saturated heterocycles. The highest BCUT2D eigenvalue weighted by Crippen LogP contribution is 2.13. The molecule has 0 fully saturated rings. The normalized spacial score (nSPS) is 11.1. The number of anilines is 1. The number of methoxy groups -OCH3 is 1. The summed E-state index contributed by atoms with van der Waals surface area (Å²) in [5, 5.41) is 4.11. The van der Waals surface area contributed by atoms with Gasteiger partial charge in [-0.25, -0.2) is 9.97 Å². The summed E-state index contributed by atoms with van der Waals surface area (Å²) >= 11 is 1.36.